The topological polar surface area (TPSA) is 60.7 Å². The third-order valence-corrected chi connectivity index (χ3v) is 4.98. The summed E-state index contributed by atoms with van der Waals surface area (Å²) in [4.78, 5) is 24.8. The molecule has 3 aromatic heterocycles. The summed E-state index contributed by atoms with van der Waals surface area (Å²) in [6.45, 7) is -0.289. The van der Waals surface area contributed by atoms with E-state index in [4.69, 9.17) is 0 Å². The van der Waals surface area contributed by atoms with Gasteiger partial charge in [-0.15, -0.1) is 0 Å². The Morgan fingerprint density at radius 1 is 0.800 bits per heavy atom. The standard InChI is InChI=1S/C23H14F2N4O/c24-18-9-15(16-8-14-4-1-2-5-20(14)27-11-16)10-19(25)17(18)13-29-22(30)12-28-21-6-3-7-26-23(21)29/h1-12H,13H2. The number of hydrogen-bond donors (Lipinski definition) is 0. The molecule has 0 saturated carbocycles. The molecule has 5 nitrogen and oxygen atoms in total. The van der Waals surface area contributed by atoms with Gasteiger partial charge < -0.3 is 0 Å². The fraction of sp³-hybridized carbons (Fsp3) is 0.0435. The average molecular weight is 400 g/mol. The van der Waals surface area contributed by atoms with Crippen LogP contribution in [0, 0.1) is 11.6 Å². The molecule has 0 saturated heterocycles. The Morgan fingerprint density at radius 2 is 1.53 bits per heavy atom. The minimum atomic E-state index is -0.744. The lowest BCUT2D eigenvalue weighted by atomic mass is 10.0. The molecular formula is C23H14F2N4O. The van der Waals surface area contributed by atoms with Crippen LogP contribution in [-0.4, -0.2) is 19.5 Å². The zero-order valence-electron chi connectivity index (χ0n) is 15.6. The maximum atomic E-state index is 14.9. The van der Waals surface area contributed by atoms with Gasteiger partial charge in [-0.2, -0.15) is 0 Å². The first-order valence-electron chi connectivity index (χ1n) is 9.24. The zero-order chi connectivity index (χ0) is 20.7. The van der Waals surface area contributed by atoms with Gasteiger partial charge in [0.05, 0.1) is 18.3 Å². The number of pyridine rings is 2. The lowest BCUT2D eigenvalue weighted by Crippen LogP contribution is -2.23. The Bertz CT molecular complexity index is 1460. The highest BCUT2D eigenvalue weighted by molar-refractivity contribution is 5.83. The van der Waals surface area contributed by atoms with Crippen LogP contribution in [-0.2, 0) is 6.54 Å². The largest absolute Gasteiger partial charge is 0.285 e. The molecule has 3 heterocycles. The van der Waals surface area contributed by atoms with Crippen LogP contribution >= 0.6 is 0 Å². The summed E-state index contributed by atoms with van der Waals surface area (Å²) in [5.74, 6) is -1.49. The molecule has 0 spiro atoms. The molecule has 7 heteroatoms. The third-order valence-electron chi connectivity index (χ3n) is 4.98. The second kappa shape index (κ2) is 7.11. The summed E-state index contributed by atoms with van der Waals surface area (Å²) in [6.07, 6.45) is 4.21. The van der Waals surface area contributed by atoms with Gasteiger partial charge in [-0.1, -0.05) is 18.2 Å². The summed E-state index contributed by atoms with van der Waals surface area (Å²) in [6, 6.07) is 15.2. The van der Waals surface area contributed by atoms with Crippen molar-refractivity contribution in [2.45, 2.75) is 6.54 Å². The minimum Gasteiger partial charge on any atom is -0.285 e. The number of nitrogens with zero attached hydrogens (tertiary/aromatic N) is 4. The van der Waals surface area contributed by atoms with Crippen LogP contribution in [0.25, 0.3) is 33.2 Å². The van der Waals surface area contributed by atoms with E-state index in [0.29, 0.717) is 16.6 Å². The van der Waals surface area contributed by atoms with Crippen LogP contribution in [0.2, 0.25) is 0 Å². The Balaban J connectivity index is 1.58. The number of halogens is 2. The summed E-state index contributed by atoms with van der Waals surface area (Å²) < 4.78 is 31.0. The Morgan fingerprint density at radius 3 is 2.37 bits per heavy atom. The van der Waals surface area contributed by atoms with Gasteiger partial charge in [0.2, 0.25) is 0 Å². The molecule has 0 aliphatic heterocycles. The molecule has 0 amide bonds. The van der Waals surface area contributed by atoms with Gasteiger partial charge in [-0.05, 0) is 42.0 Å². The highest BCUT2D eigenvalue weighted by atomic mass is 19.1. The molecule has 146 valence electrons. The molecule has 30 heavy (non-hydrogen) atoms. The van der Waals surface area contributed by atoms with E-state index in [2.05, 4.69) is 15.0 Å². The first-order valence-corrected chi connectivity index (χ1v) is 9.24. The van der Waals surface area contributed by atoms with Gasteiger partial charge in [0, 0.05) is 28.9 Å². The van der Waals surface area contributed by atoms with Crippen molar-refractivity contribution >= 4 is 22.1 Å². The maximum absolute atomic E-state index is 14.9. The Kier molecular flexibility index (Phi) is 4.28. The van der Waals surface area contributed by atoms with E-state index in [1.165, 1.54) is 22.9 Å². The van der Waals surface area contributed by atoms with E-state index in [0.717, 1.165) is 17.1 Å². The maximum Gasteiger partial charge on any atom is 0.270 e. The first-order chi connectivity index (χ1) is 14.6. The van der Waals surface area contributed by atoms with Gasteiger partial charge in [0.25, 0.3) is 5.56 Å². The zero-order valence-corrected chi connectivity index (χ0v) is 15.6. The second-order valence-electron chi connectivity index (χ2n) is 6.86. The van der Waals surface area contributed by atoms with Crippen molar-refractivity contribution < 1.29 is 8.78 Å². The van der Waals surface area contributed by atoms with Crippen molar-refractivity contribution in [2.75, 3.05) is 0 Å². The first kappa shape index (κ1) is 18.1. The number of rotatable bonds is 3. The van der Waals surface area contributed by atoms with Crippen molar-refractivity contribution in [3.8, 4) is 11.1 Å². The summed E-state index contributed by atoms with van der Waals surface area (Å²) in [5, 5.41) is 0.876. The number of aromatic nitrogens is 4. The molecule has 5 rings (SSSR count). The van der Waals surface area contributed by atoms with E-state index >= 15 is 0 Å². The predicted molar refractivity (Wildman–Crippen MR) is 110 cm³/mol. The van der Waals surface area contributed by atoms with E-state index < -0.39 is 17.2 Å². The summed E-state index contributed by atoms with van der Waals surface area (Å²) in [7, 11) is 0. The van der Waals surface area contributed by atoms with E-state index in [1.807, 2.05) is 30.3 Å². The van der Waals surface area contributed by atoms with Crippen LogP contribution in [0.15, 0.2) is 78.0 Å². The summed E-state index contributed by atoms with van der Waals surface area (Å²) in [5.41, 5.74) is 1.82. The number of fused-ring (bicyclic) bond motifs is 2. The van der Waals surface area contributed by atoms with E-state index in [1.54, 1.807) is 18.3 Å². The quantitative estimate of drug-likeness (QED) is 0.452. The minimum absolute atomic E-state index is 0.215. The second-order valence-corrected chi connectivity index (χ2v) is 6.86. The van der Waals surface area contributed by atoms with Crippen molar-refractivity contribution in [1.29, 1.82) is 0 Å². The van der Waals surface area contributed by atoms with Crippen molar-refractivity contribution in [1.82, 2.24) is 19.5 Å². The van der Waals surface area contributed by atoms with Crippen molar-refractivity contribution in [2.24, 2.45) is 0 Å². The lowest BCUT2D eigenvalue weighted by molar-refractivity contribution is 0.544. The number of para-hydroxylation sites is 1. The summed E-state index contributed by atoms with van der Waals surface area (Å²) >= 11 is 0. The molecule has 0 radical (unpaired) electrons. The molecule has 0 unspecified atom stereocenters. The molecule has 0 atom stereocenters. The van der Waals surface area contributed by atoms with Gasteiger partial charge in [0.1, 0.15) is 17.2 Å². The highest BCUT2D eigenvalue weighted by Crippen LogP contribution is 2.27. The Labute approximate surface area is 169 Å². The van der Waals surface area contributed by atoms with Crippen molar-refractivity contribution in [3.05, 3.63) is 101 Å². The molecule has 0 bridgehead atoms. The van der Waals surface area contributed by atoms with Crippen LogP contribution in [0.1, 0.15) is 5.56 Å². The van der Waals surface area contributed by atoms with Gasteiger partial charge >= 0.3 is 0 Å². The smallest absolute Gasteiger partial charge is 0.270 e. The molecule has 0 N–H and O–H groups in total. The van der Waals surface area contributed by atoms with Crippen LogP contribution in [0.3, 0.4) is 0 Å². The monoisotopic (exact) mass is 400 g/mol. The number of hydrogen-bond acceptors (Lipinski definition) is 4. The van der Waals surface area contributed by atoms with Crippen LogP contribution in [0.5, 0.6) is 0 Å². The van der Waals surface area contributed by atoms with Crippen LogP contribution in [0.4, 0.5) is 8.78 Å². The number of benzene rings is 2. The molecule has 2 aromatic carbocycles. The third kappa shape index (κ3) is 3.10. The average Bonchev–Trinajstić information content (AvgIpc) is 2.77. The van der Waals surface area contributed by atoms with Crippen LogP contribution < -0.4 is 5.56 Å². The highest BCUT2D eigenvalue weighted by Gasteiger charge is 2.16. The Hall–Kier alpha value is -4.00. The molecule has 5 aromatic rings. The fourth-order valence-corrected chi connectivity index (χ4v) is 3.46. The van der Waals surface area contributed by atoms with E-state index in [-0.39, 0.29) is 17.8 Å². The van der Waals surface area contributed by atoms with Gasteiger partial charge in [-0.25, -0.2) is 18.7 Å². The predicted octanol–water partition coefficient (Wildman–Crippen LogP) is 4.33. The van der Waals surface area contributed by atoms with Gasteiger partial charge in [-0.3, -0.25) is 14.3 Å². The van der Waals surface area contributed by atoms with Gasteiger partial charge in [0.15, 0.2) is 5.65 Å². The fourth-order valence-electron chi connectivity index (χ4n) is 3.46. The normalized spacial score (nSPS) is 11.3. The molecular weight excluding hydrogens is 386 g/mol. The lowest BCUT2D eigenvalue weighted by Gasteiger charge is -2.12. The van der Waals surface area contributed by atoms with Crippen molar-refractivity contribution in [3.63, 3.8) is 0 Å². The molecule has 0 aliphatic rings. The van der Waals surface area contributed by atoms with E-state index in [9.17, 15) is 13.6 Å². The molecule has 0 fully saturated rings. The SMILES string of the molecule is O=c1cnc2cccnc2n1Cc1c(F)cc(-c2cnc3ccccc3c2)cc1F. The molecule has 0 aliphatic carbocycles.